The van der Waals surface area contributed by atoms with Gasteiger partial charge in [-0.15, -0.1) is 0 Å². The van der Waals surface area contributed by atoms with Crippen molar-refractivity contribution in [2.75, 3.05) is 0 Å². The Labute approximate surface area is 95.7 Å². The summed E-state index contributed by atoms with van der Waals surface area (Å²) >= 11 is 0. The minimum atomic E-state index is -3.51. The molecule has 0 saturated heterocycles. The second-order valence-corrected chi connectivity index (χ2v) is 5.45. The number of aldehydes is 1. The lowest BCUT2D eigenvalue weighted by Gasteiger charge is -2.11. The number of nitrogens with one attached hydrogen (secondary N) is 1. The maximum absolute atomic E-state index is 11.8. The Morgan fingerprint density at radius 2 is 1.88 bits per heavy atom. The van der Waals surface area contributed by atoms with Crippen molar-refractivity contribution >= 4 is 16.3 Å². The average molecular weight is 241 g/mol. The molecule has 0 saturated carbocycles. The summed E-state index contributed by atoms with van der Waals surface area (Å²) in [5.74, 6) is 0. The molecule has 0 aliphatic heterocycles. The summed E-state index contributed by atoms with van der Waals surface area (Å²) in [6, 6.07) is 6.18. The average Bonchev–Trinajstić information content (AvgIpc) is 2.17. The van der Waals surface area contributed by atoms with E-state index in [-0.39, 0.29) is 17.4 Å². The fourth-order valence-corrected chi connectivity index (χ4v) is 2.50. The van der Waals surface area contributed by atoms with E-state index in [4.69, 9.17) is 0 Å². The van der Waals surface area contributed by atoms with Crippen LogP contribution in [0.4, 0.5) is 0 Å². The van der Waals surface area contributed by atoms with Crippen molar-refractivity contribution in [3.8, 4) is 0 Å². The first kappa shape index (κ1) is 12.9. The third-order valence-electron chi connectivity index (χ3n) is 2.14. The molecule has 1 aromatic carbocycles. The topological polar surface area (TPSA) is 63.2 Å². The predicted molar refractivity (Wildman–Crippen MR) is 61.6 cm³/mol. The maximum Gasteiger partial charge on any atom is 0.240 e. The standard InChI is InChI=1S/C11H15NO3S/c1-9-3-5-11(6-4-9)16(14,15)12-10(2)7-8-13/h3-6,8,10,12H,7H2,1-2H3/t10-/m0/s1. The molecule has 88 valence electrons. The minimum absolute atomic E-state index is 0.172. The molecule has 16 heavy (non-hydrogen) atoms. The summed E-state index contributed by atoms with van der Waals surface area (Å²) in [5.41, 5.74) is 1.000. The highest BCUT2D eigenvalue weighted by molar-refractivity contribution is 7.89. The summed E-state index contributed by atoms with van der Waals surface area (Å²) in [5, 5.41) is 0. The van der Waals surface area contributed by atoms with Gasteiger partial charge in [-0.1, -0.05) is 17.7 Å². The van der Waals surface area contributed by atoms with Gasteiger partial charge in [-0.05, 0) is 26.0 Å². The highest BCUT2D eigenvalue weighted by Gasteiger charge is 2.16. The Kier molecular flexibility index (Phi) is 4.20. The van der Waals surface area contributed by atoms with E-state index in [1.165, 1.54) is 0 Å². The smallest absolute Gasteiger partial charge is 0.240 e. The molecule has 1 N–H and O–H groups in total. The largest absolute Gasteiger partial charge is 0.303 e. The van der Waals surface area contributed by atoms with Crippen molar-refractivity contribution in [1.29, 1.82) is 0 Å². The molecule has 1 atom stereocenters. The number of carbonyl (C=O) groups is 1. The van der Waals surface area contributed by atoms with Crippen LogP contribution in [0.3, 0.4) is 0 Å². The first-order chi connectivity index (χ1) is 7.45. The SMILES string of the molecule is Cc1ccc(S(=O)(=O)N[C@@H](C)CC=O)cc1. The third-order valence-corrected chi connectivity index (χ3v) is 3.74. The van der Waals surface area contributed by atoms with Gasteiger partial charge in [-0.2, -0.15) is 0 Å². The van der Waals surface area contributed by atoms with E-state index in [2.05, 4.69) is 4.72 Å². The first-order valence-electron chi connectivity index (χ1n) is 4.98. The Morgan fingerprint density at radius 3 is 2.38 bits per heavy atom. The quantitative estimate of drug-likeness (QED) is 0.789. The van der Waals surface area contributed by atoms with Gasteiger partial charge in [-0.3, -0.25) is 0 Å². The molecule has 4 nitrogen and oxygen atoms in total. The van der Waals surface area contributed by atoms with Gasteiger partial charge < -0.3 is 4.79 Å². The van der Waals surface area contributed by atoms with Crippen molar-refractivity contribution in [2.24, 2.45) is 0 Å². The van der Waals surface area contributed by atoms with Crippen molar-refractivity contribution in [3.63, 3.8) is 0 Å². The number of hydrogen-bond acceptors (Lipinski definition) is 3. The van der Waals surface area contributed by atoms with Gasteiger partial charge in [0.15, 0.2) is 0 Å². The zero-order chi connectivity index (χ0) is 12.2. The molecule has 0 heterocycles. The van der Waals surface area contributed by atoms with E-state index in [0.717, 1.165) is 5.56 Å². The number of aryl methyl sites for hydroxylation is 1. The lowest BCUT2D eigenvalue weighted by molar-refractivity contribution is -0.108. The van der Waals surface area contributed by atoms with Crippen LogP contribution in [-0.2, 0) is 14.8 Å². The van der Waals surface area contributed by atoms with Crippen LogP contribution in [0.15, 0.2) is 29.2 Å². The van der Waals surface area contributed by atoms with Gasteiger partial charge in [0.1, 0.15) is 6.29 Å². The van der Waals surface area contributed by atoms with Gasteiger partial charge in [0.2, 0.25) is 10.0 Å². The Morgan fingerprint density at radius 1 is 1.31 bits per heavy atom. The predicted octanol–water partition coefficient (Wildman–Crippen LogP) is 1.25. The van der Waals surface area contributed by atoms with E-state index in [0.29, 0.717) is 6.29 Å². The molecule has 0 unspecified atom stereocenters. The van der Waals surface area contributed by atoms with Crippen molar-refractivity contribution in [2.45, 2.75) is 31.2 Å². The number of benzene rings is 1. The lowest BCUT2D eigenvalue weighted by Crippen LogP contribution is -2.32. The molecular weight excluding hydrogens is 226 g/mol. The molecule has 0 bridgehead atoms. The molecule has 5 heteroatoms. The minimum Gasteiger partial charge on any atom is -0.303 e. The third kappa shape index (κ3) is 3.43. The molecule has 0 radical (unpaired) electrons. The van der Waals surface area contributed by atoms with Crippen LogP contribution in [0, 0.1) is 6.92 Å². The van der Waals surface area contributed by atoms with E-state index >= 15 is 0 Å². The monoisotopic (exact) mass is 241 g/mol. The van der Waals surface area contributed by atoms with Gasteiger partial charge in [0.25, 0.3) is 0 Å². The van der Waals surface area contributed by atoms with Crippen molar-refractivity contribution < 1.29 is 13.2 Å². The summed E-state index contributed by atoms with van der Waals surface area (Å²) < 4.78 is 26.0. The summed E-state index contributed by atoms with van der Waals surface area (Å²) in [6.45, 7) is 3.54. The fourth-order valence-electron chi connectivity index (χ4n) is 1.24. The van der Waals surface area contributed by atoms with Crippen LogP contribution < -0.4 is 4.72 Å². The van der Waals surface area contributed by atoms with Crippen molar-refractivity contribution in [1.82, 2.24) is 4.72 Å². The Balaban J connectivity index is 2.85. The summed E-state index contributed by atoms with van der Waals surface area (Å²) in [6.07, 6.45) is 0.868. The van der Waals surface area contributed by atoms with Crippen LogP contribution in [-0.4, -0.2) is 20.7 Å². The summed E-state index contributed by atoms with van der Waals surface area (Å²) in [7, 11) is -3.51. The summed E-state index contributed by atoms with van der Waals surface area (Å²) in [4.78, 5) is 10.5. The number of carbonyl (C=O) groups excluding carboxylic acids is 1. The lowest BCUT2D eigenvalue weighted by atomic mass is 10.2. The van der Waals surface area contributed by atoms with Gasteiger partial charge in [0, 0.05) is 12.5 Å². The van der Waals surface area contributed by atoms with Crippen LogP contribution in [0.5, 0.6) is 0 Å². The van der Waals surface area contributed by atoms with Crippen LogP contribution >= 0.6 is 0 Å². The van der Waals surface area contributed by atoms with Crippen molar-refractivity contribution in [3.05, 3.63) is 29.8 Å². The van der Waals surface area contributed by atoms with Gasteiger partial charge in [-0.25, -0.2) is 13.1 Å². The molecule has 0 spiro atoms. The molecule has 0 fully saturated rings. The number of sulfonamides is 1. The van der Waals surface area contributed by atoms with E-state index in [1.54, 1.807) is 31.2 Å². The molecule has 0 amide bonds. The normalized spacial score (nSPS) is 13.4. The highest BCUT2D eigenvalue weighted by Crippen LogP contribution is 2.10. The van der Waals surface area contributed by atoms with E-state index < -0.39 is 10.0 Å². The van der Waals surface area contributed by atoms with Crippen LogP contribution in [0.25, 0.3) is 0 Å². The zero-order valence-corrected chi connectivity index (χ0v) is 10.1. The zero-order valence-electron chi connectivity index (χ0n) is 9.30. The van der Waals surface area contributed by atoms with E-state index in [1.807, 2.05) is 6.92 Å². The van der Waals surface area contributed by atoms with Gasteiger partial charge >= 0.3 is 0 Å². The second kappa shape index (κ2) is 5.23. The van der Waals surface area contributed by atoms with E-state index in [9.17, 15) is 13.2 Å². The Hall–Kier alpha value is -1.20. The number of rotatable bonds is 5. The van der Waals surface area contributed by atoms with Gasteiger partial charge in [0.05, 0.1) is 4.90 Å². The molecule has 1 aromatic rings. The van der Waals surface area contributed by atoms with Crippen LogP contribution in [0.2, 0.25) is 0 Å². The second-order valence-electron chi connectivity index (χ2n) is 3.74. The maximum atomic E-state index is 11.8. The molecule has 0 aliphatic rings. The first-order valence-corrected chi connectivity index (χ1v) is 6.46. The molecule has 0 aliphatic carbocycles. The number of hydrogen-bond donors (Lipinski definition) is 1. The molecule has 0 aromatic heterocycles. The highest BCUT2D eigenvalue weighted by atomic mass is 32.2. The Bertz CT molecular complexity index is 451. The molecular formula is C11H15NO3S. The molecule has 1 rings (SSSR count). The van der Waals surface area contributed by atoms with Crippen LogP contribution in [0.1, 0.15) is 18.9 Å². The fraction of sp³-hybridized carbons (Fsp3) is 0.364.